The van der Waals surface area contributed by atoms with Crippen LogP contribution in [0.2, 0.25) is 0 Å². The molecule has 0 aliphatic heterocycles. The SMILES string of the molecule is NCCONC(=O)c1ccc(F)c(F)c1Nc1ccc(I)cc1F. The molecule has 0 atom stereocenters. The van der Waals surface area contributed by atoms with Gasteiger partial charge >= 0.3 is 0 Å². The Hall–Kier alpha value is -1.85. The molecule has 5 nitrogen and oxygen atoms in total. The molecule has 24 heavy (non-hydrogen) atoms. The molecule has 0 saturated heterocycles. The first kappa shape index (κ1) is 18.5. The number of rotatable bonds is 6. The summed E-state index contributed by atoms with van der Waals surface area (Å²) in [7, 11) is 0. The van der Waals surface area contributed by atoms with E-state index in [-0.39, 0.29) is 24.4 Å². The zero-order valence-corrected chi connectivity index (χ0v) is 14.4. The Morgan fingerprint density at radius 3 is 2.58 bits per heavy atom. The monoisotopic (exact) mass is 451 g/mol. The van der Waals surface area contributed by atoms with Crippen molar-refractivity contribution >= 4 is 39.9 Å². The van der Waals surface area contributed by atoms with Crippen LogP contribution in [0.4, 0.5) is 24.5 Å². The highest BCUT2D eigenvalue weighted by molar-refractivity contribution is 14.1. The van der Waals surface area contributed by atoms with Gasteiger partial charge in [-0.2, -0.15) is 0 Å². The summed E-state index contributed by atoms with van der Waals surface area (Å²) in [5.74, 6) is -3.98. The van der Waals surface area contributed by atoms with Crippen molar-refractivity contribution in [3.63, 3.8) is 0 Å². The van der Waals surface area contributed by atoms with Gasteiger partial charge in [-0.3, -0.25) is 9.63 Å². The van der Waals surface area contributed by atoms with E-state index >= 15 is 0 Å². The van der Waals surface area contributed by atoms with Crippen LogP contribution in [0.25, 0.3) is 0 Å². The van der Waals surface area contributed by atoms with Gasteiger partial charge in [0.05, 0.1) is 23.5 Å². The lowest BCUT2D eigenvalue weighted by Crippen LogP contribution is -2.27. The Labute approximate surface area is 149 Å². The molecule has 0 aromatic heterocycles. The number of benzene rings is 2. The molecule has 1 amide bonds. The highest BCUT2D eigenvalue weighted by Gasteiger charge is 2.20. The fourth-order valence-electron chi connectivity index (χ4n) is 1.82. The van der Waals surface area contributed by atoms with E-state index in [0.717, 1.165) is 12.1 Å². The van der Waals surface area contributed by atoms with E-state index in [1.165, 1.54) is 12.1 Å². The number of amides is 1. The number of hydroxylamine groups is 1. The molecule has 2 rings (SSSR count). The van der Waals surface area contributed by atoms with Crippen molar-refractivity contribution in [2.24, 2.45) is 5.73 Å². The molecular weight excluding hydrogens is 438 g/mol. The maximum Gasteiger partial charge on any atom is 0.277 e. The van der Waals surface area contributed by atoms with E-state index in [2.05, 4.69) is 10.8 Å². The lowest BCUT2D eigenvalue weighted by molar-refractivity contribution is 0.0344. The minimum atomic E-state index is -1.31. The minimum absolute atomic E-state index is 0.0456. The number of hydrogen-bond acceptors (Lipinski definition) is 4. The van der Waals surface area contributed by atoms with Crippen LogP contribution in [0.5, 0.6) is 0 Å². The Balaban J connectivity index is 2.36. The normalized spacial score (nSPS) is 10.5. The molecule has 0 bridgehead atoms. The van der Waals surface area contributed by atoms with Gasteiger partial charge in [0.1, 0.15) is 5.82 Å². The number of halogens is 4. The average Bonchev–Trinajstić information content (AvgIpc) is 2.54. The molecule has 0 fully saturated rings. The summed E-state index contributed by atoms with van der Waals surface area (Å²) < 4.78 is 42.2. The molecule has 0 radical (unpaired) electrons. The molecule has 0 spiro atoms. The van der Waals surface area contributed by atoms with Gasteiger partial charge in [0.25, 0.3) is 5.91 Å². The first-order valence-corrected chi connectivity index (χ1v) is 7.84. The van der Waals surface area contributed by atoms with Gasteiger partial charge in [0, 0.05) is 10.1 Å². The van der Waals surface area contributed by atoms with E-state index in [4.69, 9.17) is 10.6 Å². The van der Waals surface area contributed by atoms with Crippen molar-refractivity contribution in [1.82, 2.24) is 5.48 Å². The van der Waals surface area contributed by atoms with Crippen molar-refractivity contribution in [3.8, 4) is 0 Å². The number of nitrogens with two attached hydrogens (primary N) is 1. The number of carbonyl (C=O) groups is 1. The van der Waals surface area contributed by atoms with Crippen LogP contribution in [0.1, 0.15) is 10.4 Å². The fraction of sp³-hybridized carbons (Fsp3) is 0.133. The summed E-state index contributed by atoms with van der Waals surface area (Å²) in [5.41, 5.74) is 6.43. The number of nitrogens with one attached hydrogen (secondary N) is 2. The topological polar surface area (TPSA) is 76.4 Å². The van der Waals surface area contributed by atoms with Gasteiger partial charge in [-0.05, 0) is 52.9 Å². The predicted octanol–water partition coefficient (Wildman–Crippen LogP) is 3.07. The van der Waals surface area contributed by atoms with Crippen molar-refractivity contribution in [2.75, 3.05) is 18.5 Å². The van der Waals surface area contributed by atoms with Crippen LogP contribution >= 0.6 is 22.6 Å². The lowest BCUT2D eigenvalue weighted by atomic mass is 10.1. The number of hydrogen-bond donors (Lipinski definition) is 3. The summed E-state index contributed by atoms with van der Waals surface area (Å²) in [6.07, 6.45) is 0. The molecule has 0 heterocycles. The lowest BCUT2D eigenvalue weighted by Gasteiger charge is -2.14. The van der Waals surface area contributed by atoms with Crippen molar-refractivity contribution in [3.05, 3.63) is 56.9 Å². The maximum absolute atomic E-state index is 14.1. The smallest absolute Gasteiger partial charge is 0.277 e. The maximum atomic E-state index is 14.1. The quantitative estimate of drug-likeness (QED) is 0.359. The van der Waals surface area contributed by atoms with Gasteiger partial charge in [-0.15, -0.1) is 0 Å². The van der Waals surface area contributed by atoms with E-state index in [1.54, 1.807) is 6.07 Å². The molecule has 0 unspecified atom stereocenters. The summed E-state index contributed by atoms with van der Waals surface area (Å²) >= 11 is 1.91. The average molecular weight is 451 g/mol. The molecule has 0 saturated carbocycles. The third-order valence-corrected chi connectivity index (χ3v) is 3.59. The fourth-order valence-corrected chi connectivity index (χ4v) is 2.27. The van der Waals surface area contributed by atoms with Crippen LogP contribution < -0.4 is 16.5 Å². The zero-order valence-electron chi connectivity index (χ0n) is 12.2. The summed E-state index contributed by atoms with van der Waals surface area (Å²) in [5, 5.41) is 2.41. The van der Waals surface area contributed by atoms with E-state index in [1.807, 2.05) is 22.6 Å². The molecular formula is C15H13F3IN3O2. The van der Waals surface area contributed by atoms with Gasteiger partial charge < -0.3 is 11.1 Å². The van der Waals surface area contributed by atoms with E-state index < -0.39 is 29.0 Å². The third kappa shape index (κ3) is 4.36. The van der Waals surface area contributed by atoms with Gasteiger partial charge in [0.15, 0.2) is 11.6 Å². The van der Waals surface area contributed by atoms with Crippen molar-refractivity contribution in [2.45, 2.75) is 0 Å². The number of carbonyl (C=O) groups excluding carboxylic acids is 1. The van der Waals surface area contributed by atoms with Gasteiger partial charge in [0.2, 0.25) is 0 Å². The third-order valence-electron chi connectivity index (χ3n) is 2.92. The highest BCUT2D eigenvalue weighted by Crippen LogP contribution is 2.28. The van der Waals surface area contributed by atoms with Crippen molar-refractivity contribution < 1.29 is 22.8 Å². The highest BCUT2D eigenvalue weighted by atomic mass is 127. The summed E-state index contributed by atoms with van der Waals surface area (Å²) in [6, 6.07) is 6.00. The van der Waals surface area contributed by atoms with Crippen LogP contribution in [0, 0.1) is 21.0 Å². The van der Waals surface area contributed by atoms with E-state index in [0.29, 0.717) is 3.57 Å². The van der Waals surface area contributed by atoms with Gasteiger partial charge in [-0.1, -0.05) is 0 Å². The second-order valence-electron chi connectivity index (χ2n) is 4.60. The Morgan fingerprint density at radius 1 is 1.17 bits per heavy atom. The summed E-state index contributed by atoms with van der Waals surface area (Å²) in [6.45, 7) is 0.209. The van der Waals surface area contributed by atoms with Crippen LogP contribution in [-0.4, -0.2) is 19.1 Å². The Bertz CT molecular complexity index is 759. The minimum Gasteiger partial charge on any atom is -0.350 e. The largest absolute Gasteiger partial charge is 0.350 e. The van der Waals surface area contributed by atoms with Gasteiger partial charge in [-0.25, -0.2) is 18.7 Å². The standard InChI is InChI=1S/C15H13F3IN3O2/c16-10-3-2-9(15(23)22-24-6-5-20)14(13(10)18)21-12-4-1-8(19)7-11(12)17/h1-4,7,21H,5-6,20H2,(H,22,23). The first-order valence-electron chi connectivity index (χ1n) is 6.76. The Morgan fingerprint density at radius 2 is 1.92 bits per heavy atom. The predicted molar refractivity (Wildman–Crippen MR) is 91.2 cm³/mol. The second-order valence-corrected chi connectivity index (χ2v) is 5.85. The zero-order chi connectivity index (χ0) is 17.7. The van der Waals surface area contributed by atoms with Crippen molar-refractivity contribution in [1.29, 1.82) is 0 Å². The van der Waals surface area contributed by atoms with Crippen LogP contribution in [0.15, 0.2) is 30.3 Å². The molecule has 9 heteroatoms. The molecule has 4 N–H and O–H groups in total. The second kappa shape index (κ2) is 8.31. The molecule has 2 aromatic carbocycles. The summed E-state index contributed by atoms with van der Waals surface area (Å²) in [4.78, 5) is 16.8. The van der Waals surface area contributed by atoms with Crippen LogP contribution in [-0.2, 0) is 4.84 Å². The van der Waals surface area contributed by atoms with Crippen LogP contribution in [0.3, 0.4) is 0 Å². The Kier molecular flexibility index (Phi) is 6.40. The molecule has 0 aliphatic carbocycles. The first-order chi connectivity index (χ1) is 11.4. The molecule has 2 aromatic rings. The number of anilines is 2. The molecule has 0 aliphatic rings. The molecule has 128 valence electrons. The van der Waals surface area contributed by atoms with E-state index in [9.17, 15) is 18.0 Å².